The predicted molar refractivity (Wildman–Crippen MR) is 97.0 cm³/mol. The van der Waals surface area contributed by atoms with Crippen molar-refractivity contribution in [1.82, 2.24) is 5.32 Å². The molecule has 4 atom stereocenters. The molecule has 2 aliphatic carbocycles. The summed E-state index contributed by atoms with van der Waals surface area (Å²) in [5.74, 6) is 1.59. The number of allylic oxidation sites excluding steroid dienone is 1. The second-order valence-electron chi connectivity index (χ2n) is 7.98. The van der Waals surface area contributed by atoms with Crippen LogP contribution in [0.2, 0.25) is 0 Å². The van der Waals surface area contributed by atoms with Gasteiger partial charge in [-0.2, -0.15) is 0 Å². The van der Waals surface area contributed by atoms with Crippen molar-refractivity contribution >= 4 is 11.8 Å². The minimum absolute atomic E-state index is 0.306. The molecule has 0 aromatic heterocycles. The third-order valence-corrected chi connectivity index (χ3v) is 4.88. The molecule has 1 aromatic rings. The molecule has 0 bridgehead atoms. The number of benzene rings is 1. The summed E-state index contributed by atoms with van der Waals surface area (Å²) in [6, 6.07) is 8.88. The lowest BCUT2D eigenvalue weighted by Crippen LogP contribution is -2.48. The fraction of sp³-hybridized carbons (Fsp3) is 0.550. The molecule has 1 aromatic carbocycles. The van der Waals surface area contributed by atoms with Gasteiger partial charge in [-0.15, -0.1) is 0 Å². The fourth-order valence-electron chi connectivity index (χ4n) is 3.60. The number of hydrogen-bond acceptors (Lipinski definition) is 3. The first kappa shape index (κ1) is 17.0. The second-order valence-corrected chi connectivity index (χ2v) is 7.98. The zero-order chi connectivity index (χ0) is 17.3. The predicted octanol–water partition coefficient (Wildman–Crippen LogP) is 4.65. The third-order valence-electron chi connectivity index (χ3n) is 4.88. The van der Waals surface area contributed by atoms with Gasteiger partial charge in [-0.05, 0) is 70.1 Å². The molecule has 24 heavy (non-hydrogen) atoms. The lowest BCUT2D eigenvalue weighted by Gasteiger charge is -2.42. The first-order chi connectivity index (χ1) is 11.3. The van der Waals surface area contributed by atoms with Crippen LogP contribution in [0.5, 0.6) is 0 Å². The molecule has 3 rings (SSSR count). The number of rotatable bonds is 4. The summed E-state index contributed by atoms with van der Waals surface area (Å²) in [6.45, 7) is 7.76. The molecule has 2 N–H and O–H groups in total. The van der Waals surface area contributed by atoms with Crippen LogP contribution < -0.4 is 10.6 Å². The topological polar surface area (TPSA) is 50.4 Å². The Bertz CT molecular complexity index is 616. The highest BCUT2D eigenvalue weighted by Crippen LogP contribution is 2.43. The highest BCUT2D eigenvalue weighted by atomic mass is 16.6. The number of carbonyl (C=O) groups excluding carboxylic acids is 1. The summed E-state index contributed by atoms with van der Waals surface area (Å²) < 4.78 is 5.27. The van der Waals surface area contributed by atoms with E-state index in [0.717, 1.165) is 17.5 Å². The number of ether oxygens (including phenoxy) is 1. The Hall–Kier alpha value is -1.81. The van der Waals surface area contributed by atoms with E-state index >= 15 is 0 Å². The standard InChI is InChI=1S/C20H28N2O2/c1-13(21-18-12-15-6-5-7-17(15)18)14-8-10-16(11-9-14)22-19(23)24-20(2,3)4/h5,7-11,13,15,17-18,21H,6,12H2,1-4H3,(H,22,23). The van der Waals surface area contributed by atoms with Crippen molar-refractivity contribution in [3.8, 4) is 0 Å². The first-order valence-electron chi connectivity index (χ1n) is 8.84. The Morgan fingerprint density at radius 1 is 1.25 bits per heavy atom. The van der Waals surface area contributed by atoms with Gasteiger partial charge in [0.25, 0.3) is 0 Å². The van der Waals surface area contributed by atoms with Crippen molar-refractivity contribution < 1.29 is 9.53 Å². The smallest absolute Gasteiger partial charge is 0.412 e. The van der Waals surface area contributed by atoms with Crippen molar-refractivity contribution in [2.45, 2.75) is 58.2 Å². The zero-order valence-electron chi connectivity index (χ0n) is 15.0. The number of nitrogens with one attached hydrogen (secondary N) is 2. The van der Waals surface area contributed by atoms with Gasteiger partial charge < -0.3 is 10.1 Å². The molecule has 4 nitrogen and oxygen atoms in total. The summed E-state index contributed by atoms with van der Waals surface area (Å²) in [6.07, 6.45) is 6.79. The van der Waals surface area contributed by atoms with Gasteiger partial charge in [0.15, 0.2) is 0 Å². The van der Waals surface area contributed by atoms with Gasteiger partial charge in [-0.1, -0.05) is 24.3 Å². The monoisotopic (exact) mass is 328 g/mol. The van der Waals surface area contributed by atoms with E-state index in [-0.39, 0.29) is 0 Å². The van der Waals surface area contributed by atoms with Gasteiger partial charge in [0.05, 0.1) is 0 Å². The molecule has 2 aliphatic rings. The SMILES string of the molecule is CC(NC1CC2CC=CC21)c1ccc(NC(=O)OC(C)(C)C)cc1. The van der Waals surface area contributed by atoms with Gasteiger partial charge >= 0.3 is 6.09 Å². The maximum Gasteiger partial charge on any atom is 0.412 e. The van der Waals surface area contributed by atoms with Crippen molar-refractivity contribution in [3.05, 3.63) is 42.0 Å². The Kier molecular flexibility index (Phi) is 4.68. The van der Waals surface area contributed by atoms with Gasteiger partial charge in [0.2, 0.25) is 0 Å². The van der Waals surface area contributed by atoms with E-state index in [9.17, 15) is 4.79 Å². The van der Waals surface area contributed by atoms with E-state index in [0.29, 0.717) is 12.1 Å². The van der Waals surface area contributed by atoms with E-state index in [1.54, 1.807) is 0 Å². The van der Waals surface area contributed by atoms with E-state index in [1.165, 1.54) is 18.4 Å². The van der Waals surface area contributed by atoms with Crippen molar-refractivity contribution in [1.29, 1.82) is 0 Å². The Balaban J connectivity index is 1.52. The van der Waals surface area contributed by atoms with Crippen LogP contribution in [-0.2, 0) is 4.74 Å². The van der Waals surface area contributed by atoms with Crippen LogP contribution >= 0.6 is 0 Å². The number of hydrogen-bond donors (Lipinski definition) is 2. The average Bonchev–Trinajstić information content (AvgIpc) is 2.84. The van der Waals surface area contributed by atoms with Gasteiger partial charge in [0, 0.05) is 17.8 Å². The molecule has 0 heterocycles. The van der Waals surface area contributed by atoms with Gasteiger partial charge in [-0.3, -0.25) is 5.32 Å². The van der Waals surface area contributed by atoms with E-state index in [1.807, 2.05) is 32.9 Å². The van der Waals surface area contributed by atoms with Crippen LogP contribution in [0.25, 0.3) is 0 Å². The summed E-state index contributed by atoms with van der Waals surface area (Å²) in [7, 11) is 0. The first-order valence-corrected chi connectivity index (χ1v) is 8.84. The summed E-state index contributed by atoms with van der Waals surface area (Å²) in [4.78, 5) is 11.8. The van der Waals surface area contributed by atoms with E-state index < -0.39 is 11.7 Å². The molecular formula is C20H28N2O2. The van der Waals surface area contributed by atoms with Crippen LogP contribution in [0.15, 0.2) is 36.4 Å². The largest absolute Gasteiger partial charge is 0.444 e. The molecule has 0 spiro atoms. The molecule has 0 radical (unpaired) electrons. The average molecular weight is 328 g/mol. The summed E-state index contributed by atoms with van der Waals surface area (Å²) >= 11 is 0. The quantitative estimate of drug-likeness (QED) is 0.791. The maximum atomic E-state index is 11.8. The molecule has 130 valence electrons. The molecule has 1 amide bonds. The van der Waals surface area contributed by atoms with Gasteiger partial charge in [0.1, 0.15) is 5.60 Å². The third kappa shape index (κ3) is 3.99. The molecular weight excluding hydrogens is 300 g/mol. The molecule has 1 saturated carbocycles. The molecule has 1 fully saturated rings. The van der Waals surface area contributed by atoms with Crippen LogP contribution in [0, 0.1) is 11.8 Å². The van der Waals surface area contributed by atoms with Crippen molar-refractivity contribution in [2.75, 3.05) is 5.32 Å². The summed E-state index contributed by atoms with van der Waals surface area (Å²) in [5.41, 5.74) is 1.50. The fourth-order valence-corrected chi connectivity index (χ4v) is 3.60. The van der Waals surface area contributed by atoms with Crippen molar-refractivity contribution in [2.24, 2.45) is 11.8 Å². The van der Waals surface area contributed by atoms with E-state index in [4.69, 9.17) is 4.74 Å². The Morgan fingerprint density at radius 3 is 2.58 bits per heavy atom. The highest BCUT2D eigenvalue weighted by molar-refractivity contribution is 5.84. The maximum absolute atomic E-state index is 11.8. The normalized spacial score (nSPS) is 26.4. The molecule has 0 saturated heterocycles. The number of carbonyl (C=O) groups is 1. The molecule has 4 heteroatoms. The Labute approximate surface area is 144 Å². The van der Waals surface area contributed by atoms with Crippen LogP contribution in [0.4, 0.5) is 10.5 Å². The number of fused-ring (bicyclic) bond motifs is 1. The highest BCUT2D eigenvalue weighted by Gasteiger charge is 2.41. The van der Waals surface area contributed by atoms with Crippen LogP contribution in [0.3, 0.4) is 0 Å². The lowest BCUT2D eigenvalue weighted by atomic mass is 9.71. The minimum atomic E-state index is -0.488. The van der Waals surface area contributed by atoms with Crippen molar-refractivity contribution in [3.63, 3.8) is 0 Å². The second kappa shape index (κ2) is 6.60. The van der Waals surface area contributed by atoms with Gasteiger partial charge in [-0.25, -0.2) is 4.79 Å². The molecule has 0 aliphatic heterocycles. The lowest BCUT2D eigenvalue weighted by molar-refractivity contribution is 0.0636. The van der Waals surface area contributed by atoms with Crippen LogP contribution in [0.1, 0.15) is 52.1 Å². The zero-order valence-corrected chi connectivity index (χ0v) is 15.0. The molecule has 4 unspecified atom stereocenters. The number of amides is 1. The van der Waals surface area contributed by atoms with E-state index in [2.05, 4.69) is 41.8 Å². The van der Waals surface area contributed by atoms with Crippen LogP contribution in [-0.4, -0.2) is 17.7 Å². The number of anilines is 1. The minimum Gasteiger partial charge on any atom is -0.444 e. The Morgan fingerprint density at radius 2 is 1.96 bits per heavy atom. The summed E-state index contributed by atoms with van der Waals surface area (Å²) in [5, 5.41) is 6.50.